The number of amides is 1. The molecule has 2 atom stereocenters. The van der Waals surface area contributed by atoms with Gasteiger partial charge in [0.05, 0.1) is 19.3 Å². The number of nitrogens with zero attached hydrogens (tertiary/aromatic N) is 1. The zero-order valence-electron chi connectivity index (χ0n) is 16.8. The molecule has 29 heavy (non-hydrogen) atoms. The first-order chi connectivity index (χ1) is 14.0. The number of hydrazine groups is 1. The maximum atomic E-state index is 13.8. The summed E-state index contributed by atoms with van der Waals surface area (Å²) in [7, 11) is 1.66. The van der Waals surface area contributed by atoms with Gasteiger partial charge in [-0.25, -0.2) is 15.2 Å². The van der Waals surface area contributed by atoms with Gasteiger partial charge < -0.3 is 14.6 Å². The fourth-order valence-electron chi connectivity index (χ4n) is 3.86. The standard InChI is InChI=1S/C22H25FN4O2/c1-4-27-19-8-7-16(29-3)9-15(19)11-20(27)18-12-21(26-25-18)24-22(28)14-6-5-13(2)17(23)10-14/h5-11,18,21,25-26H,4,12H2,1-3H3,(H,24,28). The largest absolute Gasteiger partial charge is 0.497 e. The molecule has 3 aromatic rings. The van der Waals surface area contributed by atoms with Crippen LogP contribution in [0.5, 0.6) is 5.75 Å². The molecule has 2 aromatic carbocycles. The lowest BCUT2D eigenvalue weighted by Crippen LogP contribution is -2.44. The number of benzene rings is 2. The number of hydrogen-bond donors (Lipinski definition) is 3. The Hall–Kier alpha value is -2.90. The number of carbonyl (C=O) groups excluding carboxylic acids is 1. The lowest BCUT2D eigenvalue weighted by Gasteiger charge is -2.14. The van der Waals surface area contributed by atoms with Crippen LogP contribution in [0.1, 0.15) is 41.0 Å². The van der Waals surface area contributed by atoms with E-state index in [4.69, 9.17) is 4.74 Å². The molecule has 1 aromatic heterocycles. The Kier molecular flexibility index (Phi) is 5.25. The Bertz CT molecular complexity index is 1060. The van der Waals surface area contributed by atoms with Gasteiger partial charge in [-0.3, -0.25) is 4.79 Å². The second kappa shape index (κ2) is 7.85. The van der Waals surface area contributed by atoms with Crippen LogP contribution in [0.25, 0.3) is 10.9 Å². The smallest absolute Gasteiger partial charge is 0.252 e. The molecule has 1 amide bonds. The Morgan fingerprint density at radius 2 is 2.07 bits per heavy atom. The van der Waals surface area contributed by atoms with E-state index in [-0.39, 0.29) is 23.9 Å². The highest BCUT2D eigenvalue weighted by Crippen LogP contribution is 2.30. The molecule has 2 unspecified atom stereocenters. The van der Waals surface area contributed by atoms with Crippen molar-refractivity contribution in [1.29, 1.82) is 0 Å². The van der Waals surface area contributed by atoms with Crippen LogP contribution in [-0.2, 0) is 6.54 Å². The number of rotatable bonds is 5. The summed E-state index contributed by atoms with van der Waals surface area (Å²) in [6.45, 7) is 4.62. The van der Waals surface area contributed by atoms with Gasteiger partial charge in [0.15, 0.2) is 0 Å². The summed E-state index contributed by atoms with van der Waals surface area (Å²) < 4.78 is 21.4. The first-order valence-corrected chi connectivity index (χ1v) is 9.75. The van der Waals surface area contributed by atoms with E-state index in [9.17, 15) is 9.18 Å². The molecule has 1 saturated heterocycles. The number of carbonyl (C=O) groups is 1. The fourth-order valence-corrected chi connectivity index (χ4v) is 3.86. The lowest BCUT2D eigenvalue weighted by atomic mass is 10.1. The molecule has 4 rings (SSSR count). The van der Waals surface area contributed by atoms with Crippen LogP contribution in [0.3, 0.4) is 0 Å². The van der Waals surface area contributed by atoms with Gasteiger partial charge in [0.1, 0.15) is 11.6 Å². The summed E-state index contributed by atoms with van der Waals surface area (Å²) >= 11 is 0. The topological polar surface area (TPSA) is 67.3 Å². The average molecular weight is 396 g/mol. The molecule has 0 spiro atoms. The molecule has 0 aliphatic carbocycles. The van der Waals surface area contributed by atoms with Crippen LogP contribution < -0.4 is 20.9 Å². The number of nitrogens with one attached hydrogen (secondary N) is 3. The molecular weight excluding hydrogens is 371 g/mol. The summed E-state index contributed by atoms with van der Waals surface area (Å²) in [5.74, 6) is 0.144. The third kappa shape index (κ3) is 3.71. The fraction of sp³-hybridized carbons (Fsp3) is 0.318. The SMILES string of the molecule is CCn1c(C2CC(NC(=O)c3ccc(C)c(F)c3)NN2)cc2cc(OC)ccc21. The third-order valence-electron chi connectivity index (χ3n) is 5.46. The van der Waals surface area contributed by atoms with Crippen LogP contribution in [0, 0.1) is 12.7 Å². The summed E-state index contributed by atoms with van der Waals surface area (Å²) in [4.78, 5) is 12.5. The summed E-state index contributed by atoms with van der Waals surface area (Å²) in [6.07, 6.45) is 0.419. The number of aromatic nitrogens is 1. The van der Waals surface area contributed by atoms with Gasteiger partial charge in [-0.1, -0.05) is 6.07 Å². The normalized spacial score (nSPS) is 18.9. The predicted octanol–water partition coefficient (Wildman–Crippen LogP) is 3.41. The number of aryl methyl sites for hydroxylation is 2. The van der Waals surface area contributed by atoms with Gasteiger partial charge >= 0.3 is 0 Å². The Morgan fingerprint density at radius 3 is 2.79 bits per heavy atom. The maximum Gasteiger partial charge on any atom is 0.252 e. The van der Waals surface area contributed by atoms with E-state index in [1.807, 2.05) is 12.1 Å². The summed E-state index contributed by atoms with van der Waals surface area (Å²) in [6, 6.07) is 12.8. The van der Waals surface area contributed by atoms with E-state index in [1.54, 1.807) is 26.2 Å². The molecule has 0 saturated carbocycles. The van der Waals surface area contributed by atoms with Crippen molar-refractivity contribution in [2.24, 2.45) is 0 Å². The van der Waals surface area contributed by atoms with Crippen LogP contribution in [-0.4, -0.2) is 23.7 Å². The monoisotopic (exact) mass is 396 g/mol. The highest BCUT2D eigenvalue weighted by atomic mass is 19.1. The minimum Gasteiger partial charge on any atom is -0.497 e. The number of ether oxygens (including phenoxy) is 1. The van der Waals surface area contributed by atoms with E-state index in [2.05, 4.69) is 39.8 Å². The molecule has 0 bridgehead atoms. The summed E-state index contributed by atoms with van der Waals surface area (Å²) in [5, 5.41) is 4.04. The molecule has 3 N–H and O–H groups in total. The number of fused-ring (bicyclic) bond motifs is 1. The zero-order chi connectivity index (χ0) is 20.5. The predicted molar refractivity (Wildman–Crippen MR) is 110 cm³/mol. The van der Waals surface area contributed by atoms with E-state index < -0.39 is 0 Å². The molecule has 7 heteroatoms. The average Bonchev–Trinajstić information content (AvgIpc) is 3.33. The van der Waals surface area contributed by atoms with Gasteiger partial charge in [-0.15, -0.1) is 0 Å². The second-order valence-corrected chi connectivity index (χ2v) is 7.31. The third-order valence-corrected chi connectivity index (χ3v) is 5.46. The molecule has 0 radical (unpaired) electrons. The Morgan fingerprint density at radius 1 is 1.24 bits per heavy atom. The minimum absolute atomic E-state index is 0.0356. The first kappa shape index (κ1) is 19.4. The van der Waals surface area contributed by atoms with Gasteiger partial charge in [0, 0.05) is 35.1 Å². The zero-order valence-corrected chi connectivity index (χ0v) is 16.8. The van der Waals surface area contributed by atoms with Crippen molar-refractivity contribution in [2.75, 3.05) is 7.11 Å². The molecule has 152 valence electrons. The molecular formula is C22H25FN4O2. The summed E-state index contributed by atoms with van der Waals surface area (Å²) in [5.41, 5.74) is 9.53. The number of hydrogen-bond acceptors (Lipinski definition) is 4. The molecule has 2 heterocycles. The van der Waals surface area contributed by atoms with Gasteiger partial charge in [-0.05, 0) is 55.8 Å². The minimum atomic E-state index is -0.379. The quantitative estimate of drug-likeness (QED) is 0.618. The second-order valence-electron chi connectivity index (χ2n) is 7.31. The van der Waals surface area contributed by atoms with Crippen LogP contribution in [0.2, 0.25) is 0 Å². The van der Waals surface area contributed by atoms with Crippen molar-refractivity contribution in [1.82, 2.24) is 20.7 Å². The van der Waals surface area contributed by atoms with Gasteiger partial charge in [0.25, 0.3) is 5.91 Å². The van der Waals surface area contributed by atoms with Crippen molar-refractivity contribution in [3.05, 3.63) is 65.1 Å². The van der Waals surface area contributed by atoms with Gasteiger partial charge in [0.2, 0.25) is 0 Å². The van der Waals surface area contributed by atoms with Gasteiger partial charge in [-0.2, -0.15) is 0 Å². The Labute approximate surface area is 169 Å². The highest BCUT2D eigenvalue weighted by molar-refractivity contribution is 5.94. The van der Waals surface area contributed by atoms with Crippen molar-refractivity contribution >= 4 is 16.8 Å². The van der Waals surface area contributed by atoms with Crippen molar-refractivity contribution in [3.8, 4) is 5.75 Å². The first-order valence-electron chi connectivity index (χ1n) is 9.75. The number of halogens is 1. The number of methoxy groups -OCH3 is 1. The van der Waals surface area contributed by atoms with Crippen LogP contribution in [0.15, 0.2) is 42.5 Å². The lowest BCUT2D eigenvalue weighted by molar-refractivity contribution is 0.0932. The molecule has 1 fully saturated rings. The molecule has 1 aliphatic heterocycles. The van der Waals surface area contributed by atoms with Crippen molar-refractivity contribution < 1.29 is 13.9 Å². The molecule has 1 aliphatic rings. The van der Waals surface area contributed by atoms with Crippen molar-refractivity contribution in [2.45, 2.75) is 39.0 Å². The maximum absolute atomic E-state index is 13.8. The highest BCUT2D eigenvalue weighted by Gasteiger charge is 2.29. The van der Waals surface area contributed by atoms with E-state index in [0.717, 1.165) is 28.9 Å². The van der Waals surface area contributed by atoms with Crippen LogP contribution >= 0.6 is 0 Å². The van der Waals surface area contributed by atoms with E-state index >= 15 is 0 Å². The van der Waals surface area contributed by atoms with E-state index in [1.165, 1.54) is 6.07 Å². The molecule has 6 nitrogen and oxygen atoms in total. The van der Waals surface area contributed by atoms with Crippen molar-refractivity contribution in [3.63, 3.8) is 0 Å². The Balaban J connectivity index is 1.50. The van der Waals surface area contributed by atoms with Crippen LogP contribution in [0.4, 0.5) is 4.39 Å². The van der Waals surface area contributed by atoms with E-state index in [0.29, 0.717) is 17.5 Å².